The first kappa shape index (κ1) is 15.0. The minimum absolute atomic E-state index is 0.186. The molecule has 100 valence electrons. The standard InChI is InChI=1S/C15H22O2S/c1-2-3-4-5-6-9-12-17-15(18)13-10-7-8-11-14(13)16/h7-8,10-11,16H,2-6,9,12H2,1H3. The van der Waals surface area contributed by atoms with Crippen molar-refractivity contribution in [2.75, 3.05) is 6.61 Å². The SMILES string of the molecule is CCCCCCCCOC(=S)c1ccccc1O. The normalized spacial score (nSPS) is 10.3. The van der Waals surface area contributed by atoms with Crippen LogP contribution in [-0.2, 0) is 4.74 Å². The third kappa shape index (κ3) is 5.50. The second-order valence-electron chi connectivity index (χ2n) is 4.42. The lowest BCUT2D eigenvalue weighted by Gasteiger charge is -2.08. The predicted molar refractivity (Wildman–Crippen MR) is 79.1 cm³/mol. The Morgan fingerprint density at radius 3 is 2.50 bits per heavy atom. The molecule has 0 saturated carbocycles. The van der Waals surface area contributed by atoms with Crippen LogP contribution in [0.5, 0.6) is 5.75 Å². The van der Waals surface area contributed by atoms with Gasteiger partial charge in [0.15, 0.2) is 5.05 Å². The first-order valence-electron chi connectivity index (χ1n) is 6.70. The summed E-state index contributed by atoms with van der Waals surface area (Å²) < 4.78 is 5.49. The van der Waals surface area contributed by atoms with Crippen LogP contribution < -0.4 is 0 Å². The Labute approximate surface area is 115 Å². The summed E-state index contributed by atoms with van der Waals surface area (Å²) in [5.41, 5.74) is 0.610. The first-order valence-corrected chi connectivity index (χ1v) is 7.11. The molecule has 1 aromatic carbocycles. The molecule has 0 spiro atoms. The fourth-order valence-corrected chi connectivity index (χ4v) is 2.03. The summed E-state index contributed by atoms with van der Waals surface area (Å²) in [5.74, 6) is 0.186. The van der Waals surface area contributed by atoms with Crippen LogP contribution in [0.4, 0.5) is 0 Å². The van der Waals surface area contributed by atoms with Gasteiger partial charge in [0.25, 0.3) is 0 Å². The number of ether oxygens (including phenoxy) is 1. The minimum Gasteiger partial charge on any atom is -0.507 e. The van der Waals surface area contributed by atoms with Gasteiger partial charge in [-0.25, -0.2) is 0 Å². The number of para-hydroxylation sites is 1. The monoisotopic (exact) mass is 266 g/mol. The topological polar surface area (TPSA) is 29.5 Å². The number of unbranched alkanes of at least 4 members (excludes halogenated alkanes) is 5. The lowest BCUT2D eigenvalue weighted by molar-refractivity contribution is 0.299. The Morgan fingerprint density at radius 1 is 1.11 bits per heavy atom. The maximum atomic E-state index is 9.61. The highest BCUT2D eigenvalue weighted by Gasteiger charge is 2.06. The summed E-state index contributed by atoms with van der Waals surface area (Å²) in [6.45, 7) is 2.85. The Morgan fingerprint density at radius 2 is 1.78 bits per heavy atom. The van der Waals surface area contributed by atoms with Crippen molar-refractivity contribution in [1.82, 2.24) is 0 Å². The van der Waals surface area contributed by atoms with Crippen LogP contribution in [0.1, 0.15) is 51.0 Å². The highest BCUT2D eigenvalue weighted by atomic mass is 32.1. The molecule has 0 aliphatic carbocycles. The highest BCUT2D eigenvalue weighted by molar-refractivity contribution is 7.80. The zero-order valence-electron chi connectivity index (χ0n) is 11.0. The van der Waals surface area contributed by atoms with E-state index in [1.165, 1.54) is 32.1 Å². The van der Waals surface area contributed by atoms with Gasteiger partial charge in [0, 0.05) is 0 Å². The Balaban J connectivity index is 2.16. The average Bonchev–Trinajstić information content (AvgIpc) is 2.38. The van der Waals surface area contributed by atoms with Crippen LogP contribution in [-0.4, -0.2) is 16.8 Å². The molecule has 0 bridgehead atoms. The van der Waals surface area contributed by atoms with Crippen LogP contribution in [0, 0.1) is 0 Å². The van der Waals surface area contributed by atoms with Crippen LogP contribution in [0.15, 0.2) is 24.3 Å². The second-order valence-corrected chi connectivity index (χ2v) is 4.79. The maximum Gasteiger partial charge on any atom is 0.194 e. The second kappa shape index (κ2) is 8.92. The number of benzene rings is 1. The van der Waals surface area contributed by atoms with Crippen molar-refractivity contribution in [3.63, 3.8) is 0 Å². The molecule has 0 amide bonds. The molecule has 2 nitrogen and oxygen atoms in total. The van der Waals surface area contributed by atoms with Gasteiger partial charge >= 0.3 is 0 Å². The van der Waals surface area contributed by atoms with E-state index in [-0.39, 0.29) is 5.75 Å². The molecule has 0 fully saturated rings. The van der Waals surface area contributed by atoms with Crippen LogP contribution in [0.2, 0.25) is 0 Å². The van der Waals surface area contributed by atoms with Crippen molar-refractivity contribution in [2.45, 2.75) is 45.4 Å². The van der Waals surface area contributed by atoms with Crippen molar-refractivity contribution in [1.29, 1.82) is 0 Å². The molecule has 0 unspecified atom stereocenters. The van der Waals surface area contributed by atoms with Crippen molar-refractivity contribution in [3.05, 3.63) is 29.8 Å². The molecule has 0 aliphatic rings. The third-order valence-electron chi connectivity index (χ3n) is 2.86. The summed E-state index contributed by atoms with van der Waals surface area (Å²) >= 11 is 5.15. The van der Waals surface area contributed by atoms with E-state index in [0.717, 1.165) is 6.42 Å². The molecule has 18 heavy (non-hydrogen) atoms. The number of rotatable bonds is 8. The van der Waals surface area contributed by atoms with Crippen molar-refractivity contribution in [2.24, 2.45) is 0 Å². The number of phenols is 1. The molecule has 0 radical (unpaired) electrons. The average molecular weight is 266 g/mol. The molecule has 0 heterocycles. The van der Waals surface area contributed by atoms with Gasteiger partial charge in [0.2, 0.25) is 0 Å². The van der Waals surface area contributed by atoms with E-state index >= 15 is 0 Å². The highest BCUT2D eigenvalue weighted by Crippen LogP contribution is 2.17. The van der Waals surface area contributed by atoms with E-state index in [0.29, 0.717) is 17.2 Å². The van der Waals surface area contributed by atoms with E-state index in [2.05, 4.69) is 6.92 Å². The molecular weight excluding hydrogens is 244 g/mol. The molecular formula is C15H22O2S. The molecule has 0 atom stereocenters. The van der Waals surface area contributed by atoms with Gasteiger partial charge in [-0.2, -0.15) is 0 Å². The third-order valence-corrected chi connectivity index (χ3v) is 3.19. The van der Waals surface area contributed by atoms with Gasteiger partial charge in [-0.05, 0) is 30.8 Å². The van der Waals surface area contributed by atoms with Gasteiger partial charge in [-0.1, -0.05) is 51.2 Å². The summed E-state index contributed by atoms with van der Waals surface area (Å²) in [6, 6.07) is 7.01. The molecule has 1 N–H and O–H groups in total. The minimum atomic E-state index is 0.186. The zero-order chi connectivity index (χ0) is 13.2. The van der Waals surface area contributed by atoms with Crippen molar-refractivity contribution < 1.29 is 9.84 Å². The number of phenolic OH excluding ortho intramolecular Hbond substituents is 1. The van der Waals surface area contributed by atoms with Crippen LogP contribution in [0.25, 0.3) is 0 Å². The van der Waals surface area contributed by atoms with Gasteiger partial charge in [0.05, 0.1) is 12.2 Å². The number of thiocarbonyl (C=S) groups is 1. The summed E-state index contributed by atoms with van der Waals surface area (Å²) in [5, 5.41) is 10.0. The molecule has 0 saturated heterocycles. The summed E-state index contributed by atoms with van der Waals surface area (Å²) in [6.07, 6.45) is 7.37. The molecule has 3 heteroatoms. The van der Waals surface area contributed by atoms with E-state index in [1.807, 2.05) is 6.07 Å². The predicted octanol–water partition coefficient (Wildman–Crippen LogP) is 4.44. The fraction of sp³-hybridized carbons (Fsp3) is 0.533. The van der Waals surface area contributed by atoms with Crippen molar-refractivity contribution >= 4 is 17.3 Å². The Bertz CT molecular complexity index is 363. The Hall–Kier alpha value is -1.09. The fourth-order valence-electron chi connectivity index (χ4n) is 1.77. The molecule has 0 aromatic heterocycles. The van der Waals surface area contributed by atoms with Crippen LogP contribution >= 0.6 is 12.2 Å². The van der Waals surface area contributed by atoms with Crippen molar-refractivity contribution in [3.8, 4) is 5.75 Å². The quantitative estimate of drug-likeness (QED) is 0.557. The summed E-state index contributed by atoms with van der Waals surface area (Å²) in [7, 11) is 0. The van der Waals surface area contributed by atoms with Crippen LogP contribution in [0.3, 0.4) is 0 Å². The first-order chi connectivity index (χ1) is 8.75. The van der Waals surface area contributed by atoms with E-state index in [9.17, 15) is 5.11 Å². The largest absolute Gasteiger partial charge is 0.507 e. The van der Waals surface area contributed by atoms with E-state index < -0.39 is 0 Å². The van der Waals surface area contributed by atoms with Gasteiger partial charge in [-0.15, -0.1) is 0 Å². The van der Waals surface area contributed by atoms with Gasteiger partial charge in [-0.3, -0.25) is 0 Å². The van der Waals surface area contributed by atoms with E-state index in [4.69, 9.17) is 17.0 Å². The molecule has 1 rings (SSSR count). The summed E-state index contributed by atoms with van der Waals surface area (Å²) in [4.78, 5) is 0. The number of aromatic hydroxyl groups is 1. The lowest BCUT2D eigenvalue weighted by atomic mass is 10.1. The molecule has 1 aromatic rings. The van der Waals surface area contributed by atoms with Gasteiger partial charge < -0.3 is 9.84 Å². The number of hydrogen-bond acceptors (Lipinski definition) is 3. The zero-order valence-corrected chi connectivity index (χ0v) is 11.8. The maximum absolute atomic E-state index is 9.61. The smallest absolute Gasteiger partial charge is 0.194 e. The van der Waals surface area contributed by atoms with Gasteiger partial charge in [0.1, 0.15) is 5.75 Å². The lowest BCUT2D eigenvalue weighted by Crippen LogP contribution is -2.05. The van der Waals surface area contributed by atoms with E-state index in [1.54, 1.807) is 18.2 Å². The Kier molecular flexibility index (Phi) is 7.42. The molecule has 0 aliphatic heterocycles. The number of hydrogen-bond donors (Lipinski definition) is 1.